The fourth-order valence-electron chi connectivity index (χ4n) is 1.81. The van der Waals surface area contributed by atoms with E-state index in [-0.39, 0.29) is 17.9 Å². The summed E-state index contributed by atoms with van der Waals surface area (Å²) in [6.45, 7) is 0.0619. The molecule has 0 saturated carbocycles. The predicted octanol–water partition coefficient (Wildman–Crippen LogP) is 3.87. The van der Waals surface area contributed by atoms with Crippen molar-refractivity contribution in [1.29, 1.82) is 0 Å². The Kier molecular flexibility index (Phi) is 4.80. The van der Waals surface area contributed by atoms with E-state index >= 15 is 0 Å². The summed E-state index contributed by atoms with van der Waals surface area (Å²) in [4.78, 5) is 11.1. The molecule has 0 aliphatic heterocycles. The second kappa shape index (κ2) is 6.58. The average Bonchev–Trinajstić information content (AvgIpc) is 2.45. The van der Waals surface area contributed by atoms with Crippen LogP contribution in [0.3, 0.4) is 0 Å². The van der Waals surface area contributed by atoms with Crippen LogP contribution >= 0.6 is 15.9 Å². The molecule has 0 bridgehead atoms. The van der Waals surface area contributed by atoms with Crippen LogP contribution in [-0.4, -0.2) is 18.2 Å². The van der Waals surface area contributed by atoms with Gasteiger partial charge in [-0.05, 0) is 30.3 Å². The summed E-state index contributed by atoms with van der Waals surface area (Å²) in [5.74, 6) is -1.15. The number of benzene rings is 2. The Morgan fingerprint density at radius 3 is 2.67 bits per heavy atom. The van der Waals surface area contributed by atoms with Gasteiger partial charge in [0.05, 0.1) is 7.11 Å². The summed E-state index contributed by atoms with van der Waals surface area (Å²) >= 11 is 3.34. The highest BCUT2D eigenvalue weighted by molar-refractivity contribution is 9.10. The van der Waals surface area contributed by atoms with Crippen molar-refractivity contribution in [2.24, 2.45) is 0 Å². The molecule has 6 heteroatoms. The number of carbonyl (C=O) groups is 1. The summed E-state index contributed by atoms with van der Waals surface area (Å²) in [5.41, 5.74) is 0.623. The van der Waals surface area contributed by atoms with E-state index < -0.39 is 11.8 Å². The number of methoxy groups -OCH3 is 1. The third-order valence-corrected chi connectivity index (χ3v) is 3.29. The van der Waals surface area contributed by atoms with Gasteiger partial charge in [-0.25, -0.2) is 9.18 Å². The van der Waals surface area contributed by atoms with Gasteiger partial charge in [0, 0.05) is 16.1 Å². The van der Waals surface area contributed by atoms with E-state index in [1.54, 1.807) is 12.1 Å². The lowest BCUT2D eigenvalue weighted by Crippen LogP contribution is -2.05. The van der Waals surface area contributed by atoms with E-state index in [4.69, 9.17) is 14.6 Å². The molecule has 21 heavy (non-hydrogen) atoms. The standard InChI is InChI=1S/C15H12BrFO4/c1-20-13-5-2-10(16)6-9(13)8-21-14-7-11(17)3-4-12(14)15(18)19/h2-7H,8H2,1H3,(H,18,19). The third kappa shape index (κ3) is 3.72. The quantitative estimate of drug-likeness (QED) is 0.885. The van der Waals surface area contributed by atoms with Crippen molar-refractivity contribution in [2.75, 3.05) is 7.11 Å². The van der Waals surface area contributed by atoms with Crippen molar-refractivity contribution < 1.29 is 23.8 Å². The van der Waals surface area contributed by atoms with Gasteiger partial charge in [0.1, 0.15) is 29.5 Å². The van der Waals surface area contributed by atoms with E-state index in [2.05, 4.69) is 15.9 Å². The van der Waals surface area contributed by atoms with Crippen LogP contribution in [0.25, 0.3) is 0 Å². The van der Waals surface area contributed by atoms with Crippen molar-refractivity contribution in [3.05, 3.63) is 57.8 Å². The molecule has 0 spiro atoms. The molecule has 4 nitrogen and oxygen atoms in total. The first-order chi connectivity index (χ1) is 10.0. The van der Waals surface area contributed by atoms with Crippen molar-refractivity contribution in [2.45, 2.75) is 6.61 Å². The van der Waals surface area contributed by atoms with Gasteiger partial charge in [-0.1, -0.05) is 15.9 Å². The van der Waals surface area contributed by atoms with Crippen molar-refractivity contribution in [3.63, 3.8) is 0 Å². The molecule has 2 rings (SSSR count). The zero-order valence-corrected chi connectivity index (χ0v) is 12.7. The van der Waals surface area contributed by atoms with Crippen molar-refractivity contribution in [1.82, 2.24) is 0 Å². The Morgan fingerprint density at radius 2 is 2.00 bits per heavy atom. The summed E-state index contributed by atoms with van der Waals surface area (Å²) in [7, 11) is 1.53. The Bertz CT molecular complexity index is 673. The van der Waals surface area contributed by atoms with Gasteiger partial charge in [0.25, 0.3) is 0 Å². The summed E-state index contributed by atoms with van der Waals surface area (Å²) < 4.78 is 24.7. The molecule has 0 aliphatic carbocycles. The Morgan fingerprint density at radius 1 is 1.24 bits per heavy atom. The third-order valence-electron chi connectivity index (χ3n) is 2.80. The topological polar surface area (TPSA) is 55.8 Å². The van der Waals surface area contributed by atoms with Gasteiger partial charge >= 0.3 is 5.97 Å². The van der Waals surface area contributed by atoms with Crippen LogP contribution in [0.2, 0.25) is 0 Å². The van der Waals surface area contributed by atoms with Crippen molar-refractivity contribution in [3.8, 4) is 11.5 Å². The molecule has 0 amide bonds. The first-order valence-electron chi connectivity index (χ1n) is 5.99. The lowest BCUT2D eigenvalue weighted by Gasteiger charge is -2.12. The molecule has 0 aromatic heterocycles. The number of aromatic carboxylic acids is 1. The van der Waals surface area contributed by atoms with Crippen LogP contribution in [0.5, 0.6) is 11.5 Å². The predicted molar refractivity (Wildman–Crippen MR) is 78.4 cm³/mol. The SMILES string of the molecule is COc1ccc(Br)cc1COc1cc(F)ccc1C(=O)O. The van der Waals surface area contributed by atoms with Gasteiger partial charge in [-0.15, -0.1) is 0 Å². The molecule has 0 saturated heterocycles. The number of carboxylic acid groups (broad SMARTS) is 1. The smallest absolute Gasteiger partial charge is 0.339 e. The first-order valence-corrected chi connectivity index (χ1v) is 6.78. The molecule has 2 aromatic rings. The molecule has 1 N–H and O–H groups in total. The lowest BCUT2D eigenvalue weighted by atomic mass is 10.2. The molecule has 0 fully saturated rings. The highest BCUT2D eigenvalue weighted by Gasteiger charge is 2.13. The van der Waals surface area contributed by atoms with Gasteiger partial charge in [0.2, 0.25) is 0 Å². The van der Waals surface area contributed by atoms with Crippen LogP contribution in [0.1, 0.15) is 15.9 Å². The molecule has 0 aliphatic rings. The van der Waals surface area contributed by atoms with E-state index in [1.165, 1.54) is 13.2 Å². The minimum atomic E-state index is -1.17. The van der Waals surface area contributed by atoms with Crippen LogP contribution in [0.4, 0.5) is 4.39 Å². The Hall–Kier alpha value is -2.08. The number of hydrogen-bond acceptors (Lipinski definition) is 3. The Labute approximate surface area is 129 Å². The number of hydrogen-bond donors (Lipinski definition) is 1. The molecule has 110 valence electrons. The van der Waals surface area contributed by atoms with Gasteiger partial charge in [0.15, 0.2) is 0 Å². The van der Waals surface area contributed by atoms with Gasteiger partial charge in [-0.2, -0.15) is 0 Å². The van der Waals surface area contributed by atoms with Crippen LogP contribution < -0.4 is 9.47 Å². The summed E-state index contributed by atoms with van der Waals surface area (Å²) in [5, 5.41) is 9.06. The Balaban J connectivity index is 2.26. The second-order valence-corrected chi connectivity index (χ2v) is 5.11. The van der Waals surface area contributed by atoms with E-state index in [0.717, 1.165) is 16.6 Å². The zero-order chi connectivity index (χ0) is 15.4. The molecule has 2 aromatic carbocycles. The minimum Gasteiger partial charge on any atom is -0.496 e. The average molecular weight is 355 g/mol. The van der Waals surface area contributed by atoms with Gasteiger partial charge < -0.3 is 14.6 Å². The molecule has 0 atom stereocenters. The number of rotatable bonds is 5. The van der Waals surface area contributed by atoms with Gasteiger partial charge in [-0.3, -0.25) is 0 Å². The maximum atomic E-state index is 13.2. The fourth-order valence-corrected chi connectivity index (χ4v) is 2.22. The van der Waals surface area contributed by atoms with E-state index in [0.29, 0.717) is 11.3 Å². The number of halogens is 2. The zero-order valence-electron chi connectivity index (χ0n) is 11.1. The van der Waals surface area contributed by atoms with Crippen molar-refractivity contribution >= 4 is 21.9 Å². The van der Waals surface area contributed by atoms with Crippen LogP contribution in [0, 0.1) is 5.82 Å². The summed E-state index contributed by atoms with van der Waals surface area (Å²) in [6, 6.07) is 8.66. The second-order valence-electron chi connectivity index (χ2n) is 4.19. The molecular formula is C15H12BrFO4. The largest absolute Gasteiger partial charge is 0.496 e. The maximum Gasteiger partial charge on any atom is 0.339 e. The van der Waals surface area contributed by atoms with E-state index in [1.807, 2.05) is 6.07 Å². The van der Waals surface area contributed by atoms with Crippen LogP contribution in [0.15, 0.2) is 40.9 Å². The fraction of sp³-hybridized carbons (Fsp3) is 0.133. The maximum absolute atomic E-state index is 13.2. The molecule has 0 heterocycles. The number of ether oxygens (including phenoxy) is 2. The highest BCUT2D eigenvalue weighted by atomic mass is 79.9. The minimum absolute atomic E-state index is 0.0236. The van der Waals surface area contributed by atoms with E-state index in [9.17, 15) is 9.18 Å². The molecule has 0 unspecified atom stereocenters. The molecular weight excluding hydrogens is 343 g/mol. The first kappa shape index (κ1) is 15.3. The lowest BCUT2D eigenvalue weighted by molar-refractivity contribution is 0.0691. The van der Waals surface area contributed by atoms with Crippen LogP contribution in [-0.2, 0) is 6.61 Å². The summed E-state index contributed by atoms with van der Waals surface area (Å²) in [6.07, 6.45) is 0. The normalized spacial score (nSPS) is 10.2. The monoisotopic (exact) mass is 354 g/mol. The number of carboxylic acids is 1. The molecule has 0 radical (unpaired) electrons. The highest BCUT2D eigenvalue weighted by Crippen LogP contribution is 2.26.